The molecular weight excluding hydrogens is 440 g/mol. The SMILES string of the molecule is Cc1cc(C[C@@H](NC(=O)N2CCC3(CC2)OC(=O)Nc2ncccc23)C(=O)O)cc2cn[nH]c12. The number of pyridine rings is 1. The summed E-state index contributed by atoms with van der Waals surface area (Å²) >= 11 is 0. The molecule has 176 valence electrons. The molecule has 1 saturated heterocycles. The summed E-state index contributed by atoms with van der Waals surface area (Å²) in [5.41, 5.74) is 2.57. The molecule has 11 heteroatoms. The molecule has 0 unspecified atom stereocenters. The van der Waals surface area contributed by atoms with Crippen molar-refractivity contribution in [3.05, 3.63) is 53.3 Å². The number of urea groups is 1. The fourth-order valence-electron chi connectivity index (χ4n) is 4.78. The van der Waals surface area contributed by atoms with Gasteiger partial charge in [-0.1, -0.05) is 6.07 Å². The van der Waals surface area contributed by atoms with Gasteiger partial charge in [-0.2, -0.15) is 5.10 Å². The Balaban J connectivity index is 1.27. The molecule has 5 rings (SSSR count). The molecule has 34 heavy (non-hydrogen) atoms. The van der Waals surface area contributed by atoms with Crippen LogP contribution in [0.1, 0.15) is 29.5 Å². The van der Waals surface area contributed by atoms with Gasteiger partial charge in [-0.15, -0.1) is 0 Å². The van der Waals surface area contributed by atoms with Crippen LogP contribution in [-0.2, 0) is 21.6 Å². The van der Waals surface area contributed by atoms with E-state index in [9.17, 15) is 19.5 Å². The molecule has 4 heterocycles. The van der Waals surface area contributed by atoms with Crippen LogP contribution in [0.5, 0.6) is 0 Å². The molecule has 1 fully saturated rings. The van der Waals surface area contributed by atoms with Gasteiger partial charge in [0.05, 0.1) is 11.7 Å². The van der Waals surface area contributed by atoms with Gasteiger partial charge in [-0.3, -0.25) is 10.4 Å². The van der Waals surface area contributed by atoms with Crippen LogP contribution >= 0.6 is 0 Å². The van der Waals surface area contributed by atoms with Crippen LogP contribution in [0.2, 0.25) is 0 Å². The van der Waals surface area contributed by atoms with Gasteiger partial charge in [-0.25, -0.2) is 19.4 Å². The lowest BCUT2D eigenvalue weighted by molar-refractivity contribution is -0.139. The maximum Gasteiger partial charge on any atom is 0.413 e. The number of aliphatic carboxylic acids is 1. The summed E-state index contributed by atoms with van der Waals surface area (Å²) in [5, 5.41) is 22.8. The number of aromatic nitrogens is 3. The smallest absolute Gasteiger partial charge is 0.413 e. The molecule has 2 aromatic heterocycles. The van der Waals surface area contributed by atoms with E-state index in [4.69, 9.17) is 4.74 Å². The number of anilines is 1. The monoisotopic (exact) mass is 464 g/mol. The Morgan fingerprint density at radius 3 is 2.88 bits per heavy atom. The standard InChI is InChI=1S/C23H24N6O5/c1-13-9-14(10-15-12-25-28-18(13)15)11-17(20(30)31)26-21(32)29-7-4-23(5-8-29)16-3-2-6-24-19(16)27-22(33)34-23/h2-3,6,9-10,12,17H,4-5,7-8,11H2,1H3,(H,25,28)(H,26,32)(H,30,31)(H,24,27,33)/t17-/m1/s1. The Labute approximate surface area is 194 Å². The van der Waals surface area contributed by atoms with E-state index in [1.54, 1.807) is 23.4 Å². The van der Waals surface area contributed by atoms with E-state index in [0.29, 0.717) is 31.7 Å². The number of nitrogens with one attached hydrogen (secondary N) is 3. The average Bonchev–Trinajstić information content (AvgIpc) is 3.28. The molecule has 0 radical (unpaired) electrons. The van der Waals surface area contributed by atoms with Gasteiger partial charge < -0.3 is 20.1 Å². The molecule has 0 saturated carbocycles. The molecule has 0 aliphatic carbocycles. The van der Waals surface area contributed by atoms with E-state index < -0.39 is 29.7 Å². The van der Waals surface area contributed by atoms with E-state index >= 15 is 0 Å². The van der Waals surface area contributed by atoms with Crippen LogP contribution in [-0.4, -0.2) is 62.4 Å². The zero-order valence-electron chi connectivity index (χ0n) is 18.5. The first-order chi connectivity index (χ1) is 16.3. The molecule has 11 nitrogen and oxygen atoms in total. The second-order valence-corrected chi connectivity index (χ2v) is 8.69. The quantitative estimate of drug-likeness (QED) is 0.463. The van der Waals surface area contributed by atoms with Crippen molar-refractivity contribution in [2.75, 3.05) is 18.4 Å². The van der Waals surface area contributed by atoms with Gasteiger partial charge >= 0.3 is 18.1 Å². The lowest BCUT2D eigenvalue weighted by Crippen LogP contribution is -2.54. The summed E-state index contributed by atoms with van der Waals surface area (Å²) in [6, 6.07) is 5.85. The first-order valence-corrected chi connectivity index (χ1v) is 11.0. The average molecular weight is 464 g/mol. The van der Waals surface area contributed by atoms with E-state index in [2.05, 4.69) is 25.8 Å². The number of aryl methyl sites for hydroxylation is 1. The predicted octanol–water partition coefficient (Wildman–Crippen LogP) is 2.53. The summed E-state index contributed by atoms with van der Waals surface area (Å²) in [6.45, 7) is 2.53. The van der Waals surface area contributed by atoms with E-state index in [1.807, 2.05) is 25.1 Å². The predicted molar refractivity (Wildman–Crippen MR) is 121 cm³/mol. The van der Waals surface area contributed by atoms with Crippen LogP contribution in [0, 0.1) is 6.92 Å². The van der Waals surface area contributed by atoms with Crippen molar-refractivity contribution >= 4 is 34.8 Å². The second-order valence-electron chi connectivity index (χ2n) is 8.69. The summed E-state index contributed by atoms with van der Waals surface area (Å²) in [6.07, 6.45) is 3.63. The number of aromatic amines is 1. The van der Waals surface area contributed by atoms with Crippen molar-refractivity contribution in [1.29, 1.82) is 0 Å². The highest BCUT2D eigenvalue weighted by molar-refractivity contribution is 5.87. The number of rotatable bonds is 4. The number of carboxylic acids is 1. The van der Waals surface area contributed by atoms with Crippen molar-refractivity contribution in [2.24, 2.45) is 0 Å². The van der Waals surface area contributed by atoms with Gasteiger partial charge in [0.25, 0.3) is 0 Å². The molecule has 2 aliphatic heterocycles. The highest BCUT2D eigenvalue weighted by atomic mass is 16.6. The highest BCUT2D eigenvalue weighted by Crippen LogP contribution is 2.42. The summed E-state index contributed by atoms with van der Waals surface area (Å²) in [5.74, 6) is -0.647. The minimum atomic E-state index is -1.11. The molecule has 4 N–H and O–H groups in total. The number of fused-ring (bicyclic) bond motifs is 3. The molecule has 1 atom stereocenters. The first kappa shape index (κ1) is 21.7. The molecule has 2 aliphatic rings. The largest absolute Gasteiger partial charge is 0.480 e. The van der Waals surface area contributed by atoms with Crippen LogP contribution in [0.15, 0.2) is 36.7 Å². The Morgan fingerprint density at radius 2 is 2.12 bits per heavy atom. The number of nitrogens with zero attached hydrogens (tertiary/aromatic N) is 3. The lowest BCUT2D eigenvalue weighted by Gasteiger charge is -2.43. The summed E-state index contributed by atoms with van der Waals surface area (Å²) in [7, 11) is 0. The number of amides is 3. The third-order valence-corrected chi connectivity index (χ3v) is 6.51. The number of carboxylic acid groups (broad SMARTS) is 1. The zero-order valence-corrected chi connectivity index (χ0v) is 18.5. The highest BCUT2D eigenvalue weighted by Gasteiger charge is 2.45. The number of H-pyrrole nitrogens is 1. The van der Waals surface area contributed by atoms with Gasteiger partial charge in [0, 0.05) is 49.5 Å². The Bertz CT molecular complexity index is 1280. The van der Waals surface area contributed by atoms with Gasteiger partial charge in [0.2, 0.25) is 0 Å². The van der Waals surface area contributed by atoms with E-state index in [1.165, 1.54) is 0 Å². The minimum absolute atomic E-state index is 0.142. The third-order valence-electron chi connectivity index (χ3n) is 6.51. The van der Waals surface area contributed by atoms with Crippen LogP contribution in [0.25, 0.3) is 10.9 Å². The Morgan fingerprint density at radius 1 is 1.32 bits per heavy atom. The van der Waals surface area contributed by atoms with E-state index in [0.717, 1.165) is 27.6 Å². The topological polar surface area (TPSA) is 150 Å². The fourth-order valence-corrected chi connectivity index (χ4v) is 4.78. The molecule has 3 amide bonds. The second kappa shape index (κ2) is 8.32. The Hall–Kier alpha value is -4.15. The number of piperidine rings is 1. The van der Waals surface area contributed by atoms with Crippen molar-refractivity contribution < 1.29 is 24.2 Å². The van der Waals surface area contributed by atoms with Crippen molar-refractivity contribution in [3.63, 3.8) is 0 Å². The maximum absolute atomic E-state index is 12.9. The van der Waals surface area contributed by atoms with Crippen LogP contribution in [0.4, 0.5) is 15.4 Å². The molecular formula is C23H24N6O5. The van der Waals surface area contributed by atoms with Crippen molar-refractivity contribution in [1.82, 2.24) is 25.4 Å². The first-order valence-electron chi connectivity index (χ1n) is 11.0. The van der Waals surface area contributed by atoms with Crippen molar-refractivity contribution in [2.45, 2.75) is 37.8 Å². The number of carbonyl (C=O) groups is 3. The number of hydrogen-bond acceptors (Lipinski definition) is 6. The molecule has 0 bridgehead atoms. The van der Waals surface area contributed by atoms with Gasteiger partial charge in [0.1, 0.15) is 17.5 Å². The number of likely N-dealkylation sites (tertiary alicyclic amines) is 1. The number of benzene rings is 1. The number of ether oxygens (including phenoxy) is 1. The van der Waals surface area contributed by atoms with Crippen LogP contribution in [0.3, 0.4) is 0 Å². The number of carbonyl (C=O) groups excluding carboxylic acids is 2. The summed E-state index contributed by atoms with van der Waals surface area (Å²) in [4.78, 5) is 42.7. The van der Waals surface area contributed by atoms with Crippen molar-refractivity contribution in [3.8, 4) is 0 Å². The lowest BCUT2D eigenvalue weighted by atomic mass is 9.83. The van der Waals surface area contributed by atoms with E-state index in [-0.39, 0.29) is 6.42 Å². The minimum Gasteiger partial charge on any atom is -0.480 e. The zero-order chi connectivity index (χ0) is 23.9. The van der Waals surface area contributed by atoms with Gasteiger partial charge in [-0.05, 0) is 36.2 Å². The van der Waals surface area contributed by atoms with Crippen LogP contribution < -0.4 is 10.6 Å². The third kappa shape index (κ3) is 3.89. The Kier molecular flexibility index (Phi) is 5.31. The number of hydrogen-bond donors (Lipinski definition) is 4. The maximum atomic E-state index is 12.9. The normalized spacial score (nSPS) is 17.6. The summed E-state index contributed by atoms with van der Waals surface area (Å²) < 4.78 is 5.66. The van der Waals surface area contributed by atoms with Gasteiger partial charge in [0.15, 0.2) is 0 Å². The molecule has 3 aromatic rings. The molecule has 1 spiro atoms. The fraction of sp³-hybridized carbons (Fsp3) is 0.348. The molecule has 1 aromatic carbocycles.